The molecular formula is C13H17F3N2O3. The van der Waals surface area contributed by atoms with Gasteiger partial charge in [-0.15, -0.1) is 0 Å². The minimum atomic E-state index is -4.50. The first-order valence-electron chi connectivity index (χ1n) is 6.46. The molecule has 0 saturated carbocycles. The van der Waals surface area contributed by atoms with Crippen LogP contribution in [0.15, 0.2) is 23.0 Å². The molecule has 1 aromatic rings. The molecule has 0 fully saturated rings. The van der Waals surface area contributed by atoms with Crippen LogP contribution >= 0.6 is 0 Å². The molecule has 1 rings (SSSR count). The summed E-state index contributed by atoms with van der Waals surface area (Å²) in [6.07, 6.45) is -4.22. The van der Waals surface area contributed by atoms with E-state index in [0.717, 1.165) is 0 Å². The summed E-state index contributed by atoms with van der Waals surface area (Å²) in [5.74, 6) is -0.860. The van der Waals surface area contributed by atoms with Gasteiger partial charge < -0.3 is 14.6 Å². The zero-order valence-electron chi connectivity index (χ0n) is 11.6. The highest BCUT2D eigenvalue weighted by atomic mass is 19.4. The lowest BCUT2D eigenvalue weighted by Gasteiger charge is -2.23. The van der Waals surface area contributed by atoms with Crippen molar-refractivity contribution < 1.29 is 22.7 Å². The van der Waals surface area contributed by atoms with E-state index in [1.807, 2.05) is 0 Å². The molecule has 0 unspecified atom stereocenters. The van der Waals surface area contributed by atoms with Gasteiger partial charge in [-0.1, -0.05) is 6.07 Å². The maximum Gasteiger partial charge on any atom is 0.406 e. The fraction of sp³-hybridized carbons (Fsp3) is 0.538. The second-order valence-electron chi connectivity index (χ2n) is 4.32. The summed E-state index contributed by atoms with van der Waals surface area (Å²) < 4.78 is 42.7. The van der Waals surface area contributed by atoms with Crippen LogP contribution in [-0.4, -0.2) is 48.3 Å². The Morgan fingerprint density at radius 3 is 2.67 bits per heavy atom. The lowest BCUT2D eigenvalue weighted by molar-refractivity contribution is -0.141. The molecule has 5 nitrogen and oxygen atoms in total. The smallest absolute Gasteiger partial charge is 0.382 e. The van der Waals surface area contributed by atoms with Crippen LogP contribution in [0.5, 0.6) is 0 Å². The highest BCUT2D eigenvalue weighted by Crippen LogP contribution is 2.17. The van der Waals surface area contributed by atoms with E-state index in [9.17, 15) is 22.8 Å². The number of carbonyl (C=O) groups is 1. The van der Waals surface area contributed by atoms with Crippen LogP contribution < -0.4 is 5.56 Å². The number of aromatic amines is 1. The van der Waals surface area contributed by atoms with Crippen molar-refractivity contribution in [2.24, 2.45) is 0 Å². The summed E-state index contributed by atoms with van der Waals surface area (Å²) in [6, 6.07) is 3.77. The van der Waals surface area contributed by atoms with Crippen molar-refractivity contribution in [3.05, 3.63) is 34.2 Å². The third-order valence-corrected chi connectivity index (χ3v) is 2.58. The van der Waals surface area contributed by atoms with Crippen molar-refractivity contribution in [2.45, 2.75) is 19.5 Å². The molecule has 0 atom stereocenters. The number of hydrogen-bond acceptors (Lipinski definition) is 3. The average Bonchev–Trinajstić information content (AvgIpc) is 2.40. The van der Waals surface area contributed by atoms with Gasteiger partial charge in [0.05, 0.1) is 0 Å². The molecule has 0 aromatic carbocycles. The number of ether oxygens (including phenoxy) is 1. The summed E-state index contributed by atoms with van der Waals surface area (Å²) in [6.45, 7) is 1.03. The van der Waals surface area contributed by atoms with Gasteiger partial charge in [0.2, 0.25) is 5.56 Å². The third kappa shape index (κ3) is 6.44. The summed E-state index contributed by atoms with van der Waals surface area (Å²) in [7, 11) is 0. The van der Waals surface area contributed by atoms with E-state index in [-0.39, 0.29) is 25.3 Å². The van der Waals surface area contributed by atoms with Crippen LogP contribution in [0.25, 0.3) is 0 Å². The topological polar surface area (TPSA) is 62.4 Å². The van der Waals surface area contributed by atoms with Crippen LogP contribution in [0.4, 0.5) is 13.2 Å². The van der Waals surface area contributed by atoms with Gasteiger partial charge in [-0.25, -0.2) is 0 Å². The molecule has 1 N–H and O–H groups in total. The van der Waals surface area contributed by atoms with Crippen LogP contribution in [0.2, 0.25) is 0 Å². The number of hydrogen-bond donors (Lipinski definition) is 1. The third-order valence-electron chi connectivity index (χ3n) is 2.58. The molecule has 1 aromatic heterocycles. The van der Waals surface area contributed by atoms with Crippen LogP contribution in [0, 0.1) is 0 Å². The first-order chi connectivity index (χ1) is 9.83. The van der Waals surface area contributed by atoms with Crippen molar-refractivity contribution in [2.75, 3.05) is 26.3 Å². The minimum absolute atomic E-state index is 0.102. The summed E-state index contributed by atoms with van der Waals surface area (Å²) in [4.78, 5) is 26.1. The van der Waals surface area contributed by atoms with Gasteiger partial charge in [-0.05, 0) is 19.4 Å². The monoisotopic (exact) mass is 306 g/mol. The molecule has 8 heteroatoms. The highest BCUT2D eigenvalue weighted by Gasteiger charge is 2.33. The fourth-order valence-electron chi connectivity index (χ4n) is 1.71. The largest absolute Gasteiger partial charge is 0.406 e. The van der Waals surface area contributed by atoms with Crippen LogP contribution in [0.1, 0.15) is 23.8 Å². The summed E-state index contributed by atoms with van der Waals surface area (Å²) in [5, 5.41) is 0. The Morgan fingerprint density at radius 2 is 2.10 bits per heavy atom. The molecule has 0 aliphatic carbocycles. The van der Waals surface area contributed by atoms with Gasteiger partial charge in [0, 0.05) is 25.8 Å². The molecule has 0 bridgehead atoms. The van der Waals surface area contributed by atoms with Crippen molar-refractivity contribution in [3.8, 4) is 0 Å². The Kier molecular flexibility index (Phi) is 6.41. The van der Waals surface area contributed by atoms with E-state index in [0.29, 0.717) is 11.5 Å². The SMILES string of the molecule is CCOCCCN(CC(F)(F)F)C(=O)c1cccc(=O)[nH]1. The van der Waals surface area contributed by atoms with E-state index in [1.165, 1.54) is 18.2 Å². The van der Waals surface area contributed by atoms with Crippen molar-refractivity contribution >= 4 is 5.91 Å². The maximum absolute atomic E-state index is 12.5. The van der Waals surface area contributed by atoms with E-state index in [1.54, 1.807) is 6.92 Å². The predicted octanol–water partition coefficient (Wildman–Crippen LogP) is 1.81. The minimum Gasteiger partial charge on any atom is -0.382 e. The molecule has 0 radical (unpaired) electrons. The van der Waals surface area contributed by atoms with E-state index < -0.39 is 24.2 Å². The Morgan fingerprint density at radius 1 is 1.38 bits per heavy atom. The molecule has 0 aliphatic heterocycles. The number of amides is 1. The first kappa shape index (κ1) is 17.2. The van der Waals surface area contributed by atoms with Crippen LogP contribution in [0.3, 0.4) is 0 Å². The zero-order chi connectivity index (χ0) is 15.9. The standard InChI is InChI=1S/C13H17F3N2O3/c1-2-21-8-4-7-18(9-13(14,15)16)12(20)10-5-3-6-11(19)17-10/h3,5-6H,2,4,7-9H2,1H3,(H,17,19). The number of nitrogens with zero attached hydrogens (tertiary/aromatic N) is 1. The molecule has 1 heterocycles. The number of carbonyl (C=O) groups excluding carboxylic acids is 1. The molecule has 1 amide bonds. The second kappa shape index (κ2) is 7.82. The molecular weight excluding hydrogens is 289 g/mol. The quantitative estimate of drug-likeness (QED) is 0.781. The Labute approximate surface area is 119 Å². The number of pyridine rings is 1. The van der Waals surface area contributed by atoms with E-state index in [2.05, 4.69) is 4.98 Å². The molecule has 0 saturated heterocycles. The van der Waals surface area contributed by atoms with Gasteiger partial charge in [-0.2, -0.15) is 13.2 Å². The molecule has 21 heavy (non-hydrogen) atoms. The predicted molar refractivity (Wildman–Crippen MR) is 70.1 cm³/mol. The van der Waals surface area contributed by atoms with Crippen molar-refractivity contribution in [3.63, 3.8) is 0 Å². The molecule has 118 valence electrons. The second-order valence-corrected chi connectivity index (χ2v) is 4.32. The number of rotatable bonds is 7. The fourth-order valence-corrected chi connectivity index (χ4v) is 1.71. The number of alkyl halides is 3. The first-order valence-corrected chi connectivity index (χ1v) is 6.46. The zero-order valence-corrected chi connectivity index (χ0v) is 11.6. The number of halogens is 3. The van der Waals surface area contributed by atoms with Gasteiger partial charge in [-0.3, -0.25) is 9.59 Å². The average molecular weight is 306 g/mol. The Balaban J connectivity index is 2.79. The molecule has 0 spiro atoms. The summed E-state index contributed by atoms with van der Waals surface area (Å²) in [5.41, 5.74) is -0.703. The van der Waals surface area contributed by atoms with Gasteiger partial charge in [0.1, 0.15) is 12.2 Å². The van der Waals surface area contributed by atoms with Crippen molar-refractivity contribution in [1.82, 2.24) is 9.88 Å². The number of H-pyrrole nitrogens is 1. The van der Waals surface area contributed by atoms with Crippen molar-refractivity contribution in [1.29, 1.82) is 0 Å². The van der Waals surface area contributed by atoms with Gasteiger partial charge >= 0.3 is 6.18 Å². The maximum atomic E-state index is 12.5. The number of nitrogens with one attached hydrogen (secondary N) is 1. The summed E-state index contributed by atoms with van der Waals surface area (Å²) >= 11 is 0. The lowest BCUT2D eigenvalue weighted by atomic mass is 10.3. The highest BCUT2D eigenvalue weighted by molar-refractivity contribution is 5.92. The molecule has 0 aliphatic rings. The number of aromatic nitrogens is 1. The van der Waals surface area contributed by atoms with Crippen LogP contribution in [-0.2, 0) is 4.74 Å². The normalized spacial score (nSPS) is 11.4. The van der Waals surface area contributed by atoms with Gasteiger partial charge in [0.25, 0.3) is 5.91 Å². The Hall–Kier alpha value is -1.83. The van der Waals surface area contributed by atoms with Gasteiger partial charge in [0.15, 0.2) is 0 Å². The van der Waals surface area contributed by atoms with E-state index >= 15 is 0 Å². The van der Waals surface area contributed by atoms with E-state index in [4.69, 9.17) is 4.74 Å². The lowest BCUT2D eigenvalue weighted by Crippen LogP contribution is -2.40. The Bertz CT molecular complexity index is 514.